The molecule has 1 aromatic heterocycles. The highest BCUT2D eigenvalue weighted by Gasteiger charge is 2.07. The second-order valence-corrected chi connectivity index (χ2v) is 4.23. The van der Waals surface area contributed by atoms with Gasteiger partial charge in [0.25, 0.3) is 0 Å². The fourth-order valence-corrected chi connectivity index (χ4v) is 1.75. The first-order valence-corrected chi connectivity index (χ1v) is 6.14. The average molecular weight is 246 g/mol. The van der Waals surface area contributed by atoms with Crippen molar-refractivity contribution in [1.82, 2.24) is 10.2 Å². The minimum atomic E-state index is -0.455. The van der Waals surface area contributed by atoms with Gasteiger partial charge in [0.1, 0.15) is 0 Å². The van der Waals surface area contributed by atoms with Crippen molar-refractivity contribution in [3.8, 4) is 0 Å². The molecule has 4 heteroatoms. The predicted octanol–water partition coefficient (Wildman–Crippen LogP) is 2.44. The number of ether oxygens (including phenoxy) is 1. The summed E-state index contributed by atoms with van der Waals surface area (Å²) in [5.41, 5.74) is 2.01. The molecule has 2 N–H and O–H groups in total. The van der Waals surface area contributed by atoms with Gasteiger partial charge in [-0.2, -0.15) is 5.10 Å². The number of aliphatic hydroxyl groups is 1. The van der Waals surface area contributed by atoms with Gasteiger partial charge in [-0.3, -0.25) is 5.10 Å². The lowest BCUT2D eigenvalue weighted by atomic mass is 10.1. The maximum atomic E-state index is 9.81. The molecule has 1 heterocycles. The van der Waals surface area contributed by atoms with E-state index in [-0.39, 0.29) is 0 Å². The van der Waals surface area contributed by atoms with E-state index in [0.29, 0.717) is 19.6 Å². The molecule has 0 spiro atoms. The van der Waals surface area contributed by atoms with Crippen LogP contribution >= 0.6 is 0 Å². The Morgan fingerprint density at radius 1 is 1.28 bits per heavy atom. The van der Waals surface area contributed by atoms with Gasteiger partial charge in [0, 0.05) is 18.4 Å². The van der Waals surface area contributed by atoms with Gasteiger partial charge in [0.05, 0.1) is 18.9 Å². The van der Waals surface area contributed by atoms with E-state index in [9.17, 15) is 5.11 Å². The average Bonchev–Trinajstić information content (AvgIpc) is 2.93. The number of aromatic amines is 1. The standard InChI is InChI=1S/C14H18N2O2/c17-14(13-9-15-16-10-13)7-4-8-18-11-12-5-2-1-3-6-12/h1-3,5-6,9-10,14,17H,4,7-8,11H2,(H,15,16). The zero-order valence-corrected chi connectivity index (χ0v) is 10.2. The van der Waals surface area contributed by atoms with Crippen molar-refractivity contribution in [2.24, 2.45) is 0 Å². The molecule has 4 nitrogen and oxygen atoms in total. The van der Waals surface area contributed by atoms with Crippen LogP contribution in [0.25, 0.3) is 0 Å². The molecule has 0 fully saturated rings. The van der Waals surface area contributed by atoms with E-state index in [0.717, 1.165) is 12.0 Å². The molecule has 0 saturated carbocycles. The van der Waals surface area contributed by atoms with Crippen molar-refractivity contribution in [2.45, 2.75) is 25.6 Å². The molecule has 0 saturated heterocycles. The Labute approximate surface area is 107 Å². The van der Waals surface area contributed by atoms with E-state index >= 15 is 0 Å². The lowest BCUT2D eigenvalue weighted by molar-refractivity contribution is 0.0973. The molecular formula is C14H18N2O2. The lowest BCUT2D eigenvalue weighted by Crippen LogP contribution is -2.00. The Kier molecular flexibility index (Phi) is 4.93. The third-order valence-electron chi connectivity index (χ3n) is 2.78. The number of nitrogens with one attached hydrogen (secondary N) is 1. The number of aromatic nitrogens is 2. The van der Waals surface area contributed by atoms with Crippen molar-refractivity contribution in [3.05, 3.63) is 53.9 Å². The van der Waals surface area contributed by atoms with E-state index in [1.807, 2.05) is 30.3 Å². The van der Waals surface area contributed by atoms with Crippen LogP contribution in [0.1, 0.15) is 30.1 Å². The van der Waals surface area contributed by atoms with E-state index < -0.39 is 6.10 Å². The number of nitrogens with zero attached hydrogens (tertiary/aromatic N) is 1. The van der Waals surface area contributed by atoms with Crippen molar-refractivity contribution >= 4 is 0 Å². The van der Waals surface area contributed by atoms with Crippen LogP contribution in [0.2, 0.25) is 0 Å². The molecule has 0 aliphatic rings. The Bertz CT molecular complexity index is 428. The zero-order valence-electron chi connectivity index (χ0n) is 10.2. The maximum Gasteiger partial charge on any atom is 0.0821 e. The molecule has 2 rings (SSSR count). The van der Waals surface area contributed by atoms with Gasteiger partial charge in [-0.15, -0.1) is 0 Å². The Morgan fingerprint density at radius 2 is 2.11 bits per heavy atom. The third-order valence-corrected chi connectivity index (χ3v) is 2.78. The van der Waals surface area contributed by atoms with Crippen LogP contribution in [0, 0.1) is 0 Å². The Hall–Kier alpha value is -1.65. The molecule has 1 aromatic carbocycles. The van der Waals surface area contributed by atoms with E-state index in [4.69, 9.17) is 4.74 Å². The first kappa shape index (κ1) is 12.8. The SMILES string of the molecule is OC(CCCOCc1ccccc1)c1cn[nH]c1. The summed E-state index contributed by atoms with van der Waals surface area (Å²) in [6.07, 6.45) is 4.43. The van der Waals surface area contributed by atoms with Crippen molar-refractivity contribution in [1.29, 1.82) is 0 Å². The summed E-state index contributed by atoms with van der Waals surface area (Å²) in [5, 5.41) is 16.3. The van der Waals surface area contributed by atoms with Gasteiger partial charge in [-0.25, -0.2) is 0 Å². The molecule has 0 aliphatic heterocycles. The molecule has 0 radical (unpaired) electrons. The normalized spacial score (nSPS) is 12.5. The summed E-state index contributed by atoms with van der Waals surface area (Å²) < 4.78 is 5.55. The van der Waals surface area contributed by atoms with E-state index in [1.165, 1.54) is 5.56 Å². The number of aliphatic hydroxyl groups excluding tert-OH is 1. The topological polar surface area (TPSA) is 58.1 Å². The van der Waals surface area contributed by atoms with Crippen molar-refractivity contribution < 1.29 is 9.84 Å². The third kappa shape index (κ3) is 3.98. The van der Waals surface area contributed by atoms with Gasteiger partial charge in [-0.1, -0.05) is 30.3 Å². The molecule has 2 aromatic rings. The van der Waals surface area contributed by atoms with E-state index in [1.54, 1.807) is 12.4 Å². The summed E-state index contributed by atoms with van der Waals surface area (Å²) in [4.78, 5) is 0. The number of benzene rings is 1. The lowest BCUT2D eigenvalue weighted by Gasteiger charge is -2.08. The quantitative estimate of drug-likeness (QED) is 0.738. The van der Waals surface area contributed by atoms with Crippen LogP contribution in [0.15, 0.2) is 42.7 Å². The predicted molar refractivity (Wildman–Crippen MR) is 68.9 cm³/mol. The summed E-state index contributed by atoms with van der Waals surface area (Å²) in [6.45, 7) is 1.28. The fraction of sp³-hybridized carbons (Fsp3) is 0.357. The summed E-state index contributed by atoms with van der Waals surface area (Å²) in [6, 6.07) is 10.1. The zero-order chi connectivity index (χ0) is 12.6. The maximum absolute atomic E-state index is 9.81. The summed E-state index contributed by atoms with van der Waals surface area (Å²) >= 11 is 0. The number of H-pyrrole nitrogens is 1. The van der Waals surface area contributed by atoms with Crippen LogP contribution in [0.5, 0.6) is 0 Å². The summed E-state index contributed by atoms with van der Waals surface area (Å²) in [7, 11) is 0. The molecule has 1 unspecified atom stereocenters. The van der Waals surface area contributed by atoms with Gasteiger partial charge in [-0.05, 0) is 18.4 Å². The van der Waals surface area contributed by atoms with Crippen LogP contribution in [-0.4, -0.2) is 21.9 Å². The monoisotopic (exact) mass is 246 g/mol. The highest BCUT2D eigenvalue weighted by molar-refractivity contribution is 5.13. The molecule has 18 heavy (non-hydrogen) atoms. The number of hydrogen-bond donors (Lipinski definition) is 2. The van der Waals surface area contributed by atoms with Crippen molar-refractivity contribution in [3.63, 3.8) is 0 Å². The molecule has 1 atom stereocenters. The Morgan fingerprint density at radius 3 is 2.83 bits per heavy atom. The second-order valence-electron chi connectivity index (χ2n) is 4.23. The van der Waals surface area contributed by atoms with Crippen LogP contribution in [0.3, 0.4) is 0 Å². The number of hydrogen-bond acceptors (Lipinski definition) is 3. The fourth-order valence-electron chi connectivity index (χ4n) is 1.75. The second kappa shape index (κ2) is 6.93. The largest absolute Gasteiger partial charge is 0.388 e. The molecule has 0 bridgehead atoms. The smallest absolute Gasteiger partial charge is 0.0821 e. The first-order chi connectivity index (χ1) is 8.86. The van der Waals surface area contributed by atoms with Gasteiger partial charge >= 0.3 is 0 Å². The summed E-state index contributed by atoms with van der Waals surface area (Å²) in [5.74, 6) is 0. The molecular weight excluding hydrogens is 228 g/mol. The van der Waals surface area contributed by atoms with Crippen molar-refractivity contribution in [2.75, 3.05) is 6.61 Å². The molecule has 0 aliphatic carbocycles. The highest BCUT2D eigenvalue weighted by Crippen LogP contribution is 2.16. The first-order valence-electron chi connectivity index (χ1n) is 6.14. The molecule has 96 valence electrons. The van der Waals surface area contributed by atoms with Crippen LogP contribution in [-0.2, 0) is 11.3 Å². The van der Waals surface area contributed by atoms with Gasteiger partial charge < -0.3 is 9.84 Å². The van der Waals surface area contributed by atoms with Gasteiger partial charge in [0.2, 0.25) is 0 Å². The number of rotatable bonds is 7. The highest BCUT2D eigenvalue weighted by atomic mass is 16.5. The van der Waals surface area contributed by atoms with Gasteiger partial charge in [0.15, 0.2) is 0 Å². The minimum absolute atomic E-state index is 0.455. The Balaban J connectivity index is 1.59. The minimum Gasteiger partial charge on any atom is -0.388 e. The van der Waals surface area contributed by atoms with E-state index in [2.05, 4.69) is 10.2 Å². The molecule has 0 amide bonds. The van der Waals surface area contributed by atoms with Crippen LogP contribution < -0.4 is 0 Å². The van der Waals surface area contributed by atoms with Crippen LogP contribution in [0.4, 0.5) is 0 Å².